The molecule has 0 unspecified atom stereocenters. The van der Waals surface area contributed by atoms with E-state index in [1.807, 2.05) is 32.0 Å². The molecule has 0 atom stereocenters. The summed E-state index contributed by atoms with van der Waals surface area (Å²) in [5, 5.41) is 5.92. The van der Waals surface area contributed by atoms with Crippen LogP contribution in [0.25, 0.3) is 0 Å². The highest BCUT2D eigenvalue weighted by Gasteiger charge is 2.09. The van der Waals surface area contributed by atoms with Crippen molar-refractivity contribution in [3.05, 3.63) is 58.9 Å². The van der Waals surface area contributed by atoms with E-state index in [1.54, 1.807) is 6.07 Å². The Bertz CT molecular complexity index is 683. The summed E-state index contributed by atoms with van der Waals surface area (Å²) in [6, 6.07) is 10.4. The lowest BCUT2D eigenvalue weighted by molar-refractivity contribution is -0.114. The molecule has 1 amide bonds. The van der Waals surface area contributed by atoms with Gasteiger partial charge < -0.3 is 10.6 Å². The molecule has 0 fully saturated rings. The number of nitrogens with one attached hydrogen (secondary N) is 2. The summed E-state index contributed by atoms with van der Waals surface area (Å²) in [6.45, 7) is 6.00. The minimum atomic E-state index is -0.319. The summed E-state index contributed by atoms with van der Waals surface area (Å²) < 4.78 is 13.2. The molecule has 2 rings (SSSR count). The Balaban J connectivity index is 2.03. The monoisotopic (exact) mass is 300 g/mol. The summed E-state index contributed by atoms with van der Waals surface area (Å²) in [6.07, 6.45) is 0.855. The number of benzene rings is 2. The number of para-hydroxylation sites is 1. The van der Waals surface area contributed by atoms with Crippen molar-refractivity contribution in [2.45, 2.75) is 27.2 Å². The number of aryl methyl sites for hydroxylation is 3. The van der Waals surface area contributed by atoms with Crippen LogP contribution in [0, 0.1) is 19.7 Å². The lowest BCUT2D eigenvalue weighted by Crippen LogP contribution is -2.23. The first-order valence-corrected chi connectivity index (χ1v) is 7.39. The molecule has 0 saturated carbocycles. The summed E-state index contributed by atoms with van der Waals surface area (Å²) in [4.78, 5) is 12.1. The van der Waals surface area contributed by atoms with Crippen molar-refractivity contribution in [1.82, 2.24) is 0 Å². The Morgan fingerprint density at radius 3 is 2.64 bits per heavy atom. The van der Waals surface area contributed by atoms with Gasteiger partial charge in [-0.1, -0.05) is 31.2 Å². The van der Waals surface area contributed by atoms with E-state index >= 15 is 0 Å². The van der Waals surface area contributed by atoms with E-state index in [9.17, 15) is 9.18 Å². The highest BCUT2D eigenvalue weighted by Crippen LogP contribution is 2.21. The fraction of sp³-hybridized carbons (Fsp3) is 0.278. The number of halogens is 1. The molecule has 0 aromatic heterocycles. The molecular weight excluding hydrogens is 279 g/mol. The van der Waals surface area contributed by atoms with Gasteiger partial charge in [-0.2, -0.15) is 0 Å². The first-order valence-electron chi connectivity index (χ1n) is 7.39. The van der Waals surface area contributed by atoms with Crippen molar-refractivity contribution < 1.29 is 9.18 Å². The highest BCUT2D eigenvalue weighted by molar-refractivity contribution is 5.95. The number of rotatable bonds is 5. The van der Waals surface area contributed by atoms with Gasteiger partial charge in [0.25, 0.3) is 0 Å². The van der Waals surface area contributed by atoms with Gasteiger partial charge in [0.2, 0.25) is 5.91 Å². The highest BCUT2D eigenvalue weighted by atomic mass is 19.1. The van der Waals surface area contributed by atoms with Crippen molar-refractivity contribution in [3.8, 4) is 0 Å². The minimum Gasteiger partial charge on any atom is -0.376 e. The van der Waals surface area contributed by atoms with Crippen molar-refractivity contribution in [2.24, 2.45) is 0 Å². The van der Waals surface area contributed by atoms with Crippen LogP contribution in [0.4, 0.5) is 15.8 Å². The van der Waals surface area contributed by atoms with Gasteiger partial charge >= 0.3 is 0 Å². The van der Waals surface area contributed by atoms with Gasteiger partial charge in [0.1, 0.15) is 5.82 Å². The molecule has 0 aliphatic rings. The van der Waals surface area contributed by atoms with E-state index in [-0.39, 0.29) is 18.3 Å². The SMILES string of the molecule is CCc1cccc(C)c1NC(=O)CNc1cc(F)ccc1C. The molecule has 0 heterocycles. The number of carbonyl (C=O) groups excluding carboxylic acids is 1. The molecule has 0 aliphatic heterocycles. The van der Waals surface area contributed by atoms with Gasteiger partial charge in [-0.15, -0.1) is 0 Å². The third kappa shape index (κ3) is 3.85. The number of hydrogen-bond donors (Lipinski definition) is 2. The van der Waals surface area contributed by atoms with Crippen LogP contribution in [-0.2, 0) is 11.2 Å². The first kappa shape index (κ1) is 16.0. The lowest BCUT2D eigenvalue weighted by atomic mass is 10.1. The predicted octanol–water partition coefficient (Wildman–Crippen LogP) is 4.06. The van der Waals surface area contributed by atoms with Crippen molar-refractivity contribution in [2.75, 3.05) is 17.2 Å². The summed E-state index contributed by atoms with van der Waals surface area (Å²) in [5.41, 5.74) is 4.55. The van der Waals surface area contributed by atoms with Crippen molar-refractivity contribution >= 4 is 17.3 Å². The average Bonchev–Trinajstić information content (AvgIpc) is 2.50. The van der Waals surface area contributed by atoms with Crippen LogP contribution in [0.5, 0.6) is 0 Å². The Kier molecular flexibility index (Phi) is 5.15. The van der Waals surface area contributed by atoms with E-state index in [0.717, 1.165) is 28.8 Å². The molecule has 2 N–H and O–H groups in total. The van der Waals surface area contributed by atoms with Crippen LogP contribution in [0.2, 0.25) is 0 Å². The van der Waals surface area contributed by atoms with Crippen LogP contribution in [-0.4, -0.2) is 12.5 Å². The lowest BCUT2D eigenvalue weighted by Gasteiger charge is -2.14. The second-order valence-corrected chi connectivity index (χ2v) is 5.32. The Labute approximate surface area is 130 Å². The number of carbonyl (C=O) groups is 1. The minimum absolute atomic E-state index is 0.0990. The normalized spacial score (nSPS) is 10.4. The summed E-state index contributed by atoms with van der Waals surface area (Å²) in [7, 11) is 0. The van der Waals surface area contributed by atoms with E-state index in [0.29, 0.717) is 5.69 Å². The largest absolute Gasteiger partial charge is 0.376 e. The van der Waals surface area contributed by atoms with Crippen LogP contribution in [0.1, 0.15) is 23.6 Å². The maximum absolute atomic E-state index is 13.2. The van der Waals surface area contributed by atoms with Crippen LogP contribution < -0.4 is 10.6 Å². The van der Waals surface area contributed by atoms with Crippen molar-refractivity contribution in [1.29, 1.82) is 0 Å². The molecule has 3 nitrogen and oxygen atoms in total. The molecular formula is C18H21FN2O. The van der Waals surface area contributed by atoms with Gasteiger partial charge in [-0.05, 0) is 49.1 Å². The van der Waals surface area contributed by atoms with Gasteiger partial charge in [0, 0.05) is 11.4 Å². The topological polar surface area (TPSA) is 41.1 Å². The molecule has 0 spiro atoms. The molecule has 0 aliphatic carbocycles. The zero-order valence-corrected chi connectivity index (χ0v) is 13.2. The fourth-order valence-electron chi connectivity index (χ4n) is 2.35. The zero-order chi connectivity index (χ0) is 16.1. The second kappa shape index (κ2) is 7.07. The fourth-order valence-corrected chi connectivity index (χ4v) is 2.35. The molecule has 0 bridgehead atoms. The molecule has 22 heavy (non-hydrogen) atoms. The molecule has 4 heteroatoms. The third-order valence-electron chi connectivity index (χ3n) is 3.64. The molecule has 116 valence electrons. The maximum Gasteiger partial charge on any atom is 0.243 e. The van der Waals surface area contributed by atoms with E-state index in [1.165, 1.54) is 12.1 Å². The molecule has 2 aromatic rings. The van der Waals surface area contributed by atoms with E-state index < -0.39 is 0 Å². The number of hydrogen-bond acceptors (Lipinski definition) is 2. The van der Waals surface area contributed by atoms with E-state index in [4.69, 9.17) is 0 Å². The Morgan fingerprint density at radius 2 is 1.91 bits per heavy atom. The summed E-state index contributed by atoms with van der Waals surface area (Å²) >= 11 is 0. The van der Waals surface area contributed by atoms with Gasteiger partial charge in [0.05, 0.1) is 6.54 Å². The number of amides is 1. The van der Waals surface area contributed by atoms with Crippen LogP contribution >= 0.6 is 0 Å². The summed E-state index contributed by atoms with van der Waals surface area (Å²) in [5.74, 6) is -0.464. The smallest absolute Gasteiger partial charge is 0.243 e. The zero-order valence-electron chi connectivity index (χ0n) is 13.2. The quantitative estimate of drug-likeness (QED) is 0.874. The van der Waals surface area contributed by atoms with Crippen LogP contribution in [0.15, 0.2) is 36.4 Å². The second-order valence-electron chi connectivity index (χ2n) is 5.32. The van der Waals surface area contributed by atoms with Gasteiger partial charge in [0.15, 0.2) is 0 Å². The third-order valence-corrected chi connectivity index (χ3v) is 3.64. The van der Waals surface area contributed by atoms with Crippen LogP contribution in [0.3, 0.4) is 0 Å². The standard InChI is InChI=1S/C18H21FN2O/c1-4-14-7-5-6-13(3)18(14)21-17(22)11-20-16-10-15(19)9-8-12(16)2/h5-10,20H,4,11H2,1-3H3,(H,21,22). The Hall–Kier alpha value is -2.36. The molecule has 0 radical (unpaired) electrons. The first-order chi connectivity index (χ1) is 10.5. The molecule has 0 saturated heterocycles. The van der Waals surface area contributed by atoms with Crippen molar-refractivity contribution in [3.63, 3.8) is 0 Å². The van der Waals surface area contributed by atoms with Gasteiger partial charge in [-0.25, -0.2) is 4.39 Å². The molecule has 2 aromatic carbocycles. The Morgan fingerprint density at radius 1 is 1.14 bits per heavy atom. The van der Waals surface area contributed by atoms with Gasteiger partial charge in [-0.3, -0.25) is 4.79 Å². The average molecular weight is 300 g/mol. The number of anilines is 2. The predicted molar refractivity (Wildman–Crippen MR) is 88.8 cm³/mol. The maximum atomic E-state index is 13.2. The van der Waals surface area contributed by atoms with E-state index in [2.05, 4.69) is 17.6 Å².